The number of halogens is 2. The maximum atomic E-state index is 14.5. The number of hydrogen-bond acceptors (Lipinski definition) is 4. The van der Waals surface area contributed by atoms with E-state index >= 15 is 0 Å². The van der Waals surface area contributed by atoms with Crippen LogP contribution in [0.2, 0.25) is 0 Å². The lowest BCUT2D eigenvalue weighted by atomic mass is 9.76. The molecule has 134 valence electrons. The summed E-state index contributed by atoms with van der Waals surface area (Å²) in [4.78, 5) is 41.8. The summed E-state index contributed by atoms with van der Waals surface area (Å²) in [6.45, 7) is 0.136. The summed E-state index contributed by atoms with van der Waals surface area (Å²) >= 11 is 6.17. The quantitative estimate of drug-likeness (QED) is 0.757. The van der Waals surface area contributed by atoms with E-state index in [1.165, 1.54) is 12.3 Å². The highest BCUT2D eigenvalue weighted by atomic mass is 35.5. The lowest BCUT2D eigenvalue weighted by Crippen LogP contribution is -2.47. The minimum Gasteiger partial charge on any atom is -0.481 e. The molecule has 0 aromatic carbocycles. The molecular weight excluding hydrogens is 363 g/mol. The van der Waals surface area contributed by atoms with Crippen LogP contribution in [0.3, 0.4) is 0 Å². The van der Waals surface area contributed by atoms with Gasteiger partial charge in [-0.05, 0) is 29.2 Å². The number of carboxylic acids is 1. The number of amides is 1. The van der Waals surface area contributed by atoms with Gasteiger partial charge in [0.1, 0.15) is 5.83 Å². The summed E-state index contributed by atoms with van der Waals surface area (Å²) in [5, 5.41) is 9.77. The first-order chi connectivity index (χ1) is 12.4. The zero-order chi connectivity index (χ0) is 18.6. The van der Waals surface area contributed by atoms with Gasteiger partial charge in [-0.3, -0.25) is 19.4 Å². The van der Waals surface area contributed by atoms with E-state index in [9.17, 15) is 23.9 Å². The molecule has 2 atom stereocenters. The van der Waals surface area contributed by atoms with Gasteiger partial charge in [0, 0.05) is 30.8 Å². The van der Waals surface area contributed by atoms with Gasteiger partial charge in [0.15, 0.2) is 5.78 Å². The molecule has 0 spiro atoms. The molecule has 1 fully saturated rings. The fourth-order valence-electron chi connectivity index (χ4n) is 4.09. The summed E-state index contributed by atoms with van der Waals surface area (Å²) in [5.74, 6) is -3.69. The lowest BCUT2D eigenvalue weighted by molar-refractivity contribution is -0.142. The van der Waals surface area contributed by atoms with E-state index < -0.39 is 23.5 Å². The number of ketones is 1. The van der Waals surface area contributed by atoms with Crippen molar-refractivity contribution in [3.8, 4) is 0 Å². The summed E-state index contributed by atoms with van der Waals surface area (Å²) < 4.78 is 14.5. The highest BCUT2D eigenvalue weighted by Gasteiger charge is 2.46. The van der Waals surface area contributed by atoms with E-state index in [0.717, 1.165) is 6.08 Å². The lowest BCUT2D eigenvalue weighted by Gasteiger charge is -2.39. The highest BCUT2D eigenvalue weighted by molar-refractivity contribution is 6.40. The van der Waals surface area contributed by atoms with Gasteiger partial charge in [-0.25, -0.2) is 4.39 Å². The number of aliphatic imine (C=N–C) groups is 1. The molecule has 6 nitrogen and oxygen atoms in total. The summed E-state index contributed by atoms with van der Waals surface area (Å²) in [7, 11) is 0. The number of carboxylic acid groups (broad SMARTS) is 1. The first kappa shape index (κ1) is 16.9. The van der Waals surface area contributed by atoms with Crippen molar-refractivity contribution < 1.29 is 23.9 Å². The van der Waals surface area contributed by atoms with Crippen molar-refractivity contribution >= 4 is 35.5 Å². The summed E-state index contributed by atoms with van der Waals surface area (Å²) in [5.41, 5.74) is 1.16. The largest absolute Gasteiger partial charge is 0.481 e. The second kappa shape index (κ2) is 6.02. The zero-order valence-corrected chi connectivity index (χ0v) is 14.3. The first-order valence-electron chi connectivity index (χ1n) is 8.17. The van der Waals surface area contributed by atoms with Crippen molar-refractivity contribution in [2.24, 2.45) is 10.9 Å². The third-order valence-electron chi connectivity index (χ3n) is 5.16. The average Bonchev–Trinajstić information content (AvgIpc) is 2.93. The Morgan fingerprint density at radius 3 is 2.85 bits per heavy atom. The molecule has 1 N–H and O–H groups in total. The van der Waals surface area contributed by atoms with Crippen LogP contribution in [0.5, 0.6) is 0 Å². The fraction of sp³-hybridized carbons (Fsp3) is 0.333. The summed E-state index contributed by atoms with van der Waals surface area (Å²) in [6.07, 6.45) is 4.22. The number of carbonyl (C=O) groups is 3. The Hall–Kier alpha value is -2.54. The number of allylic oxidation sites excluding steroid dienone is 6. The topological polar surface area (TPSA) is 87.0 Å². The molecule has 2 unspecified atom stereocenters. The Balaban J connectivity index is 1.99. The van der Waals surface area contributed by atoms with Gasteiger partial charge in [-0.2, -0.15) is 0 Å². The smallest absolute Gasteiger partial charge is 0.312 e. The second-order valence-corrected chi connectivity index (χ2v) is 6.98. The molecule has 4 rings (SSSR count). The van der Waals surface area contributed by atoms with E-state index in [1.54, 1.807) is 4.90 Å². The Labute approximate surface area is 153 Å². The van der Waals surface area contributed by atoms with Gasteiger partial charge >= 0.3 is 5.97 Å². The SMILES string of the molecule is O=C1C=C(F)/C2=C(\Cl)C=NCC3=C(C2=C1)C(C(=O)O)CN1C(=O)CCC31. The minimum atomic E-state index is -1.14. The third-order valence-corrected chi connectivity index (χ3v) is 5.45. The molecule has 26 heavy (non-hydrogen) atoms. The highest BCUT2D eigenvalue weighted by Crippen LogP contribution is 2.44. The molecule has 0 saturated carbocycles. The van der Waals surface area contributed by atoms with Crippen LogP contribution in [0.15, 0.2) is 50.3 Å². The Morgan fingerprint density at radius 1 is 1.35 bits per heavy atom. The maximum absolute atomic E-state index is 14.5. The van der Waals surface area contributed by atoms with Crippen LogP contribution in [0.4, 0.5) is 4.39 Å². The molecule has 3 aliphatic heterocycles. The number of nitrogens with zero attached hydrogens (tertiary/aromatic N) is 2. The Kier molecular flexibility index (Phi) is 3.91. The van der Waals surface area contributed by atoms with Gasteiger partial charge in [-0.15, -0.1) is 0 Å². The predicted molar refractivity (Wildman–Crippen MR) is 91.4 cm³/mol. The molecule has 0 radical (unpaired) electrons. The van der Waals surface area contributed by atoms with Gasteiger partial charge in [0.25, 0.3) is 0 Å². The van der Waals surface area contributed by atoms with Crippen LogP contribution in [0, 0.1) is 5.92 Å². The first-order valence-corrected chi connectivity index (χ1v) is 8.55. The minimum absolute atomic E-state index is 0.0108. The Bertz CT molecular complexity index is 912. The van der Waals surface area contributed by atoms with Crippen LogP contribution >= 0.6 is 11.6 Å². The third kappa shape index (κ3) is 2.46. The van der Waals surface area contributed by atoms with Crippen LogP contribution < -0.4 is 0 Å². The molecule has 8 heteroatoms. The van der Waals surface area contributed by atoms with Crippen LogP contribution in [0.1, 0.15) is 12.8 Å². The fourth-order valence-corrected chi connectivity index (χ4v) is 4.36. The number of rotatable bonds is 1. The summed E-state index contributed by atoms with van der Waals surface area (Å²) in [6, 6.07) is -0.284. The predicted octanol–water partition coefficient (Wildman–Crippen LogP) is 1.93. The standard InChI is InChI=1S/C18H14ClFN2O4/c19-12-6-21-5-10-14-1-2-15(24)22(14)7-11(18(25)26)16(10)9-3-8(23)4-13(20)17(9)12/h3-4,6,11,14H,1-2,5,7H2,(H,25,26)/b17-12-,21-6?. The van der Waals surface area contributed by atoms with E-state index in [-0.39, 0.29) is 41.2 Å². The molecule has 0 aromatic rings. The van der Waals surface area contributed by atoms with Crippen molar-refractivity contribution in [3.05, 3.63) is 45.3 Å². The molecule has 1 saturated heterocycles. The van der Waals surface area contributed by atoms with Crippen LogP contribution in [-0.2, 0) is 14.4 Å². The number of aliphatic carboxylic acids is 1. The van der Waals surface area contributed by atoms with Gasteiger partial charge < -0.3 is 10.0 Å². The van der Waals surface area contributed by atoms with Crippen molar-refractivity contribution in [2.75, 3.05) is 13.1 Å². The molecule has 0 aromatic heterocycles. The van der Waals surface area contributed by atoms with Crippen molar-refractivity contribution in [1.82, 2.24) is 4.90 Å². The van der Waals surface area contributed by atoms with Gasteiger partial charge in [-0.1, -0.05) is 11.6 Å². The van der Waals surface area contributed by atoms with E-state index in [4.69, 9.17) is 11.6 Å². The van der Waals surface area contributed by atoms with Gasteiger partial charge in [0.2, 0.25) is 5.91 Å². The monoisotopic (exact) mass is 376 g/mol. The van der Waals surface area contributed by atoms with Crippen molar-refractivity contribution in [2.45, 2.75) is 18.9 Å². The second-order valence-electron chi connectivity index (χ2n) is 6.58. The number of fused-ring (bicyclic) bond motifs is 4. The molecular formula is C18H14ClFN2O4. The zero-order valence-electron chi connectivity index (χ0n) is 13.5. The van der Waals surface area contributed by atoms with Crippen LogP contribution in [-0.4, -0.2) is 53.0 Å². The maximum Gasteiger partial charge on any atom is 0.312 e. The number of carbonyl (C=O) groups excluding carboxylic acids is 2. The Morgan fingerprint density at radius 2 is 2.12 bits per heavy atom. The van der Waals surface area contributed by atoms with Crippen LogP contribution in [0.25, 0.3) is 0 Å². The average molecular weight is 377 g/mol. The van der Waals surface area contributed by atoms with E-state index in [0.29, 0.717) is 24.0 Å². The molecule has 0 bridgehead atoms. The van der Waals surface area contributed by atoms with E-state index in [2.05, 4.69) is 4.99 Å². The molecule has 1 amide bonds. The van der Waals surface area contributed by atoms with Gasteiger partial charge in [0.05, 0.1) is 23.5 Å². The molecule has 3 heterocycles. The van der Waals surface area contributed by atoms with Crippen molar-refractivity contribution in [3.63, 3.8) is 0 Å². The molecule has 4 aliphatic rings. The molecule has 1 aliphatic carbocycles. The number of hydrogen-bond donors (Lipinski definition) is 1. The normalized spacial score (nSPS) is 30.9. The van der Waals surface area contributed by atoms with E-state index in [1.807, 2.05) is 0 Å². The van der Waals surface area contributed by atoms with Crippen molar-refractivity contribution in [1.29, 1.82) is 0 Å².